The van der Waals surface area contributed by atoms with Gasteiger partial charge in [0.15, 0.2) is 6.73 Å². The van der Waals surface area contributed by atoms with Crippen LogP contribution in [0.15, 0.2) is 30.5 Å². The van der Waals surface area contributed by atoms with Crippen molar-refractivity contribution in [3.63, 3.8) is 0 Å². The second-order valence-electron chi connectivity index (χ2n) is 5.15. The molecule has 0 radical (unpaired) electrons. The molecule has 0 aliphatic rings. The van der Waals surface area contributed by atoms with E-state index in [0.717, 1.165) is 18.5 Å². The van der Waals surface area contributed by atoms with Crippen LogP contribution < -0.4 is 0 Å². The zero-order chi connectivity index (χ0) is 15.2. The molecule has 1 heterocycles. The van der Waals surface area contributed by atoms with Gasteiger partial charge in [-0.3, -0.25) is 0 Å². The molecule has 0 saturated heterocycles. The van der Waals surface area contributed by atoms with E-state index in [0.29, 0.717) is 6.61 Å². The number of aromatic nitrogens is 1. The number of rotatable bonds is 6. The molecule has 0 atom stereocenters. The van der Waals surface area contributed by atoms with Gasteiger partial charge in [0.05, 0.1) is 12.1 Å². The summed E-state index contributed by atoms with van der Waals surface area (Å²) in [7, 11) is 4.12. The summed E-state index contributed by atoms with van der Waals surface area (Å²) in [5.74, 6) is 0. The van der Waals surface area contributed by atoms with E-state index in [4.69, 9.17) is 9.47 Å². The lowest BCUT2D eigenvalue weighted by Gasteiger charge is -2.08. The maximum Gasteiger partial charge on any atom is 0.510 e. The molecule has 5 heteroatoms. The highest BCUT2D eigenvalue weighted by Crippen LogP contribution is 2.22. The van der Waals surface area contributed by atoms with E-state index in [2.05, 4.69) is 25.1 Å². The van der Waals surface area contributed by atoms with Crippen LogP contribution in [0.4, 0.5) is 4.79 Å². The first-order valence-corrected chi connectivity index (χ1v) is 7.13. The quantitative estimate of drug-likeness (QED) is 0.767. The molecule has 0 fully saturated rings. The van der Waals surface area contributed by atoms with Crippen LogP contribution in [0.1, 0.15) is 12.5 Å². The van der Waals surface area contributed by atoms with Gasteiger partial charge in [-0.1, -0.05) is 18.2 Å². The highest BCUT2D eigenvalue weighted by atomic mass is 16.7. The Morgan fingerprint density at radius 2 is 2.00 bits per heavy atom. The van der Waals surface area contributed by atoms with Gasteiger partial charge in [-0.05, 0) is 39.1 Å². The average molecular weight is 290 g/mol. The highest BCUT2D eigenvalue weighted by molar-refractivity contribution is 5.84. The van der Waals surface area contributed by atoms with Crippen LogP contribution >= 0.6 is 0 Å². The lowest BCUT2D eigenvalue weighted by atomic mass is 10.1. The average Bonchev–Trinajstić information content (AvgIpc) is 2.82. The first kappa shape index (κ1) is 15.4. The Kier molecular flexibility index (Phi) is 5.22. The molecule has 2 aromatic rings. The first-order valence-electron chi connectivity index (χ1n) is 7.13. The molecule has 0 N–H and O–H groups in total. The van der Waals surface area contributed by atoms with E-state index in [1.807, 2.05) is 29.0 Å². The van der Waals surface area contributed by atoms with Crippen LogP contribution in [-0.2, 0) is 22.6 Å². The van der Waals surface area contributed by atoms with Gasteiger partial charge in [0.1, 0.15) is 0 Å². The lowest BCUT2D eigenvalue weighted by molar-refractivity contribution is 0.0381. The SMILES string of the molecule is CCOC(=O)OCn1cc(CCN(C)C)c2ccccc21. The maximum absolute atomic E-state index is 11.3. The summed E-state index contributed by atoms with van der Waals surface area (Å²) in [5.41, 5.74) is 2.32. The Hall–Kier alpha value is -2.01. The van der Waals surface area contributed by atoms with E-state index >= 15 is 0 Å². The number of carbonyl (C=O) groups excluding carboxylic acids is 1. The molecule has 0 unspecified atom stereocenters. The van der Waals surface area contributed by atoms with Crippen molar-refractivity contribution in [1.82, 2.24) is 9.47 Å². The number of ether oxygens (including phenoxy) is 2. The molecule has 0 bridgehead atoms. The molecular formula is C16H22N2O3. The third-order valence-electron chi connectivity index (χ3n) is 3.28. The Labute approximate surface area is 125 Å². The molecule has 0 saturated carbocycles. The van der Waals surface area contributed by atoms with Gasteiger partial charge in [-0.25, -0.2) is 4.79 Å². The van der Waals surface area contributed by atoms with Crippen molar-refractivity contribution >= 4 is 17.1 Å². The monoisotopic (exact) mass is 290 g/mol. The normalized spacial score (nSPS) is 11.0. The van der Waals surface area contributed by atoms with E-state index in [9.17, 15) is 4.79 Å². The van der Waals surface area contributed by atoms with Gasteiger partial charge in [-0.2, -0.15) is 0 Å². The van der Waals surface area contributed by atoms with Gasteiger partial charge >= 0.3 is 6.16 Å². The summed E-state index contributed by atoms with van der Waals surface area (Å²) in [6, 6.07) is 8.14. The van der Waals surface area contributed by atoms with Crippen LogP contribution in [0.5, 0.6) is 0 Å². The van der Waals surface area contributed by atoms with E-state index in [1.54, 1.807) is 6.92 Å². The second-order valence-corrected chi connectivity index (χ2v) is 5.15. The molecule has 1 aromatic heterocycles. The third kappa shape index (κ3) is 3.98. The van der Waals surface area contributed by atoms with E-state index < -0.39 is 6.16 Å². The van der Waals surface area contributed by atoms with Crippen molar-refractivity contribution < 1.29 is 14.3 Å². The fourth-order valence-electron chi connectivity index (χ4n) is 2.25. The molecule has 0 amide bonds. The number of nitrogens with zero attached hydrogens (tertiary/aromatic N) is 2. The van der Waals surface area contributed by atoms with Crippen LogP contribution in [-0.4, -0.2) is 42.9 Å². The summed E-state index contributed by atoms with van der Waals surface area (Å²) < 4.78 is 11.8. The van der Waals surface area contributed by atoms with Crippen molar-refractivity contribution in [2.45, 2.75) is 20.1 Å². The van der Waals surface area contributed by atoms with Crippen molar-refractivity contribution in [1.29, 1.82) is 0 Å². The zero-order valence-electron chi connectivity index (χ0n) is 12.8. The van der Waals surface area contributed by atoms with Gasteiger partial charge < -0.3 is 18.9 Å². The van der Waals surface area contributed by atoms with Gasteiger partial charge in [0.25, 0.3) is 0 Å². The predicted molar refractivity (Wildman–Crippen MR) is 82.3 cm³/mol. The molecule has 114 valence electrons. The van der Waals surface area contributed by atoms with E-state index in [-0.39, 0.29) is 6.73 Å². The number of carbonyl (C=O) groups is 1. The molecule has 21 heavy (non-hydrogen) atoms. The Bertz CT molecular complexity index is 605. The topological polar surface area (TPSA) is 43.7 Å². The predicted octanol–water partition coefficient (Wildman–Crippen LogP) is 2.88. The fraction of sp³-hybridized carbons (Fsp3) is 0.438. The molecular weight excluding hydrogens is 268 g/mol. The van der Waals surface area contributed by atoms with Gasteiger partial charge in [-0.15, -0.1) is 0 Å². The summed E-state index contributed by atoms with van der Waals surface area (Å²) in [4.78, 5) is 13.5. The zero-order valence-corrected chi connectivity index (χ0v) is 12.8. The largest absolute Gasteiger partial charge is 0.510 e. The molecule has 2 rings (SSSR count). The highest BCUT2D eigenvalue weighted by Gasteiger charge is 2.10. The third-order valence-corrected chi connectivity index (χ3v) is 3.28. The van der Waals surface area contributed by atoms with Crippen LogP contribution in [0.2, 0.25) is 0 Å². The Morgan fingerprint density at radius 3 is 2.71 bits per heavy atom. The molecule has 0 spiro atoms. The van der Waals surface area contributed by atoms with Crippen molar-refractivity contribution in [2.24, 2.45) is 0 Å². The molecule has 0 aliphatic carbocycles. The minimum absolute atomic E-state index is 0.168. The van der Waals surface area contributed by atoms with Crippen molar-refractivity contribution in [3.8, 4) is 0 Å². The van der Waals surface area contributed by atoms with Crippen LogP contribution in [0.3, 0.4) is 0 Å². The fourth-order valence-corrected chi connectivity index (χ4v) is 2.25. The minimum Gasteiger partial charge on any atom is -0.435 e. The van der Waals surface area contributed by atoms with Crippen LogP contribution in [0.25, 0.3) is 10.9 Å². The summed E-state index contributed by atoms with van der Waals surface area (Å²) in [6.07, 6.45) is 2.37. The number of para-hydroxylation sites is 1. The minimum atomic E-state index is -0.634. The standard InChI is InChI=1S/C16H22N2O3/c1-4-20-16(19)21-12-18-11-13(9-10-17(2)3)14-7-5-6-8-15(14)18/h5-8,11H,4,9-10,12H2,1-3H3. The van der Waals surface area contributed by atoms with E-state index in [1.165, 1.54) is 10.9 Å². The summed E-state index contributed by atoms with van der Waals surface area (Å²) in [6.45, 7) is 3.22. The smallest absolute Gasteiger partial charge is 0.435 e. The maximum atomic E-state index is 11.3. The number of benzene rings is 1. The second kappa shape index (κ2) is 7.13. The number of likely N-dealkylation sites (N-methyl/N-ethyl adjacent to an activating group) is 1. The summed E-state index contributed by atoms with van der Waals surface area (Å²) >= 11 is 0. The molecule has 0 aliphatic heterocycles. The number of fused-ring (bicyclic) bond motifs is 1. The van der Waals surface area contributed by atoms with Crippen molar-refractivity contribution in [3.05, 3.63) is 36.0 Å². The Morgan fingerprint density at radius 1 is 1.24 bits per heavy atom. The first-order chi connectivity index (χ1) is 10.1. The Balaban J connectivity index is 2.17. The van der Waals surface area contributed by atoms with Crippen molar-refractivity contribution in [2.75, 3.05) is 27.2 Å². The van der Waals surface area contributed by atoms with Gasteiger partial charge in [0.2, 0.25) is 0 Å². The number of hydrogen-bond acceptors (Lipinski definition) is 4. The molecule has 1 aromatic carbocycles. The van der Waals surface area contributed by atoms with Gasteiger partial charge in [0, 0.05) is 18.1 Å². The van der Waals surface area contributed by atoms with Crippen LogP contribution in [0, 0.1) is 0 Å². The lowest BCUT2D eigenvalue weighted by Crippen LogP contribution is -2.15. The summed E-state index contributed by atoms with van der Waals surface area (Å²) in [5, 5.41) is 1.20. The molecule has 5 nitrogen and oxygen atoms in total. The number of hydrogen-bond donors (Lipinski definition) is 0.